The van der Waals surface area contributed by atoms with Crippen LogP contribution in [0.25, 0.3) is 10.8 Å². The highest BCUT2D eigenvalue weighted by atomic mass is 35.5. The first-order valence-corrected chi connectivity index (χ1v) is 37.4. The molecule has 13 amide bonds. The molecule has 10 atom stereocenters. The first-order valence-electron chi connectivity index (χ1n) is 37.1. The number of nitrogens with one attached hydrogen (secondary N) is 13. The molecular weight excluding hydrogens is 1460 g/mol. The molecule has 2 heterocycles. The maximum absolute atomic E-state index is 15.3. The molecule has 5 aromatic carbocycles. The number of carbonyl (C=O) groups is 14. The van der Waals surface area contributed by atoms with Crippen LogP contribution in [0.4, 0.5) is 11.4 Å². The maximum atomic E-state index is 15.3. The normalized spacial score (nSPS) is 14.9. The number of likely N-dealkylation sites (tertiary alicyclic amines) is 1. The third-order valence-corrected chi connectivity index (χ3v) is 18.4. The van der Waals surface area contributed by atoms with Crippen LogP contribution >= 0.6 is 11.6 Å². The number of hydrogen-bond donors (Lipinski definition) is 15. The highest BCUT2D eigenvalue weighted by Crippen LogP contribution is 2.23. The number of aliphatic hydroxyl groups is 1. The molecule has 1 fully saturated rings. The zero-order valence-electron chi connectivity index (χ0n) is 63.8. The molecule has 598 valence electrons. The van der Waals surface area contributed by atoms with Crippen molar-refractivity contribution in [2.24, 2.45) is 5.92 Å². The van der Waals surface area contributed by atoms with Crippen molar-refractivity contribution in [1.82, 2.24) is 68.4 Å². The number of aliphatic hydroxyl groups excluding tert-OH is 1. The van der Waals surface area contributed by atoms with Crippen LogP contribution in [0.2, 0.25) is 5.02 Å². The minimum atomic E-state index is -2.13. The number of nitrogens with zero attached hydrogens (tertiary/aromatic N) is 2. The first-order chi connectivity index (χ1) is 53.3. The zero-order chi connectivity index (χ0) is 81.7. The predicted octanol–water partition coefficient (Wildman–Crippen LogP) is 3.15. The van der Waals surface area contributed by atoms with E-state index in [0.29, 0.717) is 64.5 Å². The van der Waals surface area contributed by atoms with Gasteiger partial charge in [0.1, 0.15) is 54.4 Å². The van der Waals surface area contributed by atoms with Gasteiger partial charge >= 0.3 is 5.97 Å². The lowest BCUT2D eigenvalue weighted by Gasteiger charge is -2.31. The van der Waals surface area contributed by atoms with Crippen molar-refractivity contribution < 1.29 is 77.3 Å². The quantitative estimate of drug-likeness (QED) is 0.0194. The SMILES string of the molecule is CC(=O)Nc1ccc(C[C@H](NC(=O)[C@H](CO)NC(=O)[C@@H](NC(=O)c2cccnc2)NC(=O)[C@@H](Cc2ccc(Cl)cc2)NC(=O)[C@@H](Cc2ccc3ccccc3c2)NC(C)=O)C(=O)N[C@H](Cc2ccc(NC(C)=O)cc2)C(=O)N[C@@H](CC(C)C)C(=O)N[C@@H](CCCCNC(C)C)C(=O)N2CCC[C@H]2C(=O)N[C@H](C)C(=O)O)cc1. The van der Waals surface area contributed by atoms with Crippen molar-refractivity contribution in [1.29, 1.82) is 0 Å². The van der Waals surface area contributed by atoms with Gasteiger partial charge in [-0.3, -0.25) is 72.1 Å². The van der Waals surface area contributed by atoms with Gasteiger partial charge in [0.25, 0.3) is 11.8 Å². The van der Waals surface area contributed by atoms with Crippen LogP contribution in [0.15, 0.2) is 140 Å². The Hall–Kier alpha value is -11.7. The van der Waals surface area contributed by atoms with Crippen molar-refractivity contribution in [2.75, 3.05) is 30.3 Å². The number of carboxylic acids is 1. The number of halogens is 1. The van der Waals surface area contributed by atoms with Gasteiger partial charge in [0, 0.05) is 87.8 Å². The van der Waals surface area contributed by atoms with Crippen LogP contribution in [0.1, 0.15) is 127 Å². The zero-order valence-corrected chi connectivity index (χ0v) is 64.5. The molecule has 0 saturated carbocycles. The van der Waals surface area contributed by atoms with E-state index in [1.54, 1.807) is 68.4 Å². The molecule has 1 aliphatic rings. The number of hydrogen-bond acceptors (Lipinski definition) is 17. The maximum Gasteiger partial charge on any atom is 0.325 e. The Morgan fingerprint density at radius 1 is 0.500 bits per heavy atom. The topological polar surface area (TPSA) is 452 Å². The van der Waals surface area contributed by atoms with E-state index in [1.165, 1.54) is 75.2 Å². The number of aliphatic carboxylic acids is 1. The molecule has 1 aliphatic heterocycles. The number of amides is 13. The number of unbranched alkanes of at least 4 members (excludes halogenated alkanes) is 1. The molecule has 31 nitrogen and oxygen atoms in total. The predicted molar refractivity (Wildman–Crippen MR) is 418 cm³/mol. The number of benzene rings is 5. The molecule has 0 aliphatic carbocycles. The fourth-order valence-electron chi connectivity index (χ4n) is 12.5. The Kier molecular flexibility index (Phi) is 33.6. The van der Waals surface area contributed by atoms with E-state index in [2.05, 4.69) is 74.1 Å². The summed E-state index contributed by atoms with van der Waals surface area (Å²) < 4.78 is 0. The molecule has 0 bridgehead atoms. The molecule has 6 aromatic rings. The van der Waals surface area contributed by atoms with Crippen LogP contribution in [0.3, 0.4) is 0 Å². The average molecular weight is 1560 g/mol. The van der Waals surface area contributed by atoms with Crippen LogP contribution < -0.4 is 69.1 Å². The molecule has 32 heteroatoms. The number of aromatic nitrogens is 1. The average Bonchev–Trinajstić information content (AvgIpc) is 1.24. The minimum Gasteiger partial charge on any atom is -0.480 e. The van der Waals surface area contributed by atoms with Gasteiger partial charge in [-0.1, -0.05) is 118 Å². The Bertz CT molecular complexity index is 4310. The summed E-state index contributed by atoms with van der Waals surface area (Å²) in [6, 6.07) is 21.4. The Morgan fingerprint density at radius 3 is 1.49 bits per heavy atom. The lowest BCUT2D eigenvalue weighted by Crippen LogP contribution is -2.64. The molecular formula is C80H100ClN15O16. The van der Waals surface area contributed by atoms with Crippen LogP contribution in [-0.4, -0.2) is 189 Å². The van der Waals surface area contributed by atoms with Gasteiger partial charge in [-0.25, -0.2) is 0 Å². The molecule has 1 saturated heterocycles. The van der Waals surface area contributed by atoms with Crippen molar-refractivity contribution in [3.63, 3.8) is 0 Å². The van der Waals surface area contributed by atoms with Gasteiger partial charge in [0.05, 0.1) is 12.2 Å². The van der Waals surface area contributed by atoms with E-state index >= 15 is 9.59 Å². The van der Waals surface area contributed by atoms with Gasteiger partial charge in [-0.15, -0.1) is 0 Å². The Labute approximate surface area is 654 Å². The van der Waals surface area contributed by atoms with Gasteiger partial charge in [0.2, 0.25) is 65.0 Å². The Morgan fingerprint density at radius 2 is 0.982 bits per heavy atom. The molecule has 15 N–H and O–H groups in total. The highest BCUT2D eigenvalue weighted by Gasteiger charge is 2.41. The molecule has 112 heavy (non-hydrogen) atoms. The Balaban J connectivity index is 1.19. The van der Waals surface area contributed by atoms with Crippen molar-refractivity contribution in [2.45, 2.75) is 186 Å². The lowest BCUT2D eigenvalue weighted by atomic mass is 9.99. The number of carboxylic acid groups (broad SMARTS) is 1. The fourth-order valence-corrected chi connectivity index (χ4v) is 12.6. The standard InChI is InChI=1S/C80H100ClN15O16/c1-45(2)37-62(71(102)88-61(18-11-12-35-83-46(3)4)79(110)96-36-14-19-68(96)77(108)84-47(5)80(111)112)89-73(104)64(40-52-23-30-59(31-24-52)85-48(6)98)90-74(105)65(41-53-25-32-60(33-26-53)86-49(7)99)92-76(107)67(44-97)93-78(109)69(94-70(101)57-17-13-34-82-43-57)95-75(106)66(39-51-21-28-58(81)29-22-51)91-72(103)63(87-50(8)100)42-54-20-27-55-15-9-10-16-56(55)38-54/h9-10,13,15-17,20-34,38,43,45-47,61-69,83,97H,11-12,14,18-19,35-37,39-42,44H2,1-8H3,(H,84,108)(H,85,98)(H,86,99)(H,87,100)(H,88,102)(H,89,104)(H,90,105)(H,91,103)(H,92,107)(H,93,109)(H,94,101)(H,95,106)(H,111,112)/t47-,61+,62+,63-,64-,65+,66-,67+,68+,69+/m1/s1. The van der Waals surface area contributed by atoms with E-state index in [0.717, 1.165) is 17.0 Å². The number of anilines is 2. The summed E-state index contributed by atoms with van der Waals surface area (Å²) in [5.74, 6) is -12.4. The summed E-state index contributed by atoms with van der Waals surface area (Å²) in [6.45, 7) is 12.1. The summed E-state index contributed by atoms with van der Waals surface area (Å²) >= 11 is 6.24. The first kappa shape index (κ1) is 87.5. The van der Waals surface area contributed by atoms with E-state index in [-0.39, 0.29) is 74.9 Å². The van der Waals surface area contributed by atoms with E-state index < -0.39 is 144 Å². The molecule has 7 rings (SSSR count). The van der Waals surface area contributed by atoms with E-state index in [1.807, 2.05) is 50.2 Å². The monoisotopic (exact) mass is 1560 g/mol. The molecule has 0 unspecified atom stereocenters. The van der Waals surface area contributed by atoms with Gasteiger partial charge in [-0.2, -0.15) is 0 Å². The number of fused-ring (bicyclic) bond motifs is 1. The third kappa shape index (κ3) is 28.0. The number of rotatable bonds is 40. The molecule has 1 aromatic heterocycles. The fraction of sp³-hybridized carbons (Fsp3) is 0.412. The van der Waals surface area contributed by atoms with Crippen molar-refractivity contribution in [3.05, 3.63) is 173 Å². The second-order valence-corrected chi connectivity index (χ2v) is 28.8. The summed E-state index contributed by atoms with van der Waals surface area (Å²) in [6.07, 6.45) is 1.16. The smallest absolute Gasteiger partial charge is 0.325 e. The third-order valence-electron chi connectivity index (χ3n) is 18.2. The van der Waals surface area contributed by atoms with Gasteiger partial charge in [0.15, 0.2) is 6.17 Å². The van der Waals surface area contributed by atoms with Crippen molar-refractivity contribution in [3.8, 4) is 0 Å². The van der Waals surface area contributed by atoms with Crippen LogP contribution in [0.5, 0.6) is 0 Å². The summed E-state index contributed by atoms with van der Waals surface area (Å²) in [4.78, 5) is 201. The molecule has 0 spiro atoms. The largest absolute Gasteiger partial charge is 0.480 e. The highest BCUT2D eigenvalue weighted by molar-refractivity contribution is 6.30. The number of pyridine rings is 1. The minimum absolute atomic E-state index is 0.0158. The van der Waals surface area contributed by atoms with E-state index in [9.17, 15) is 67.7 Å². The van der Waals surface area contributed by atoms with E-state index in [4.69, 9.17) is 11.6 Å². The van der Waals surface area contributed by atoms with Gasteiger partial charge < -0.3 is 84.2 Å². The van der Waals surface area contributed by atoms with Crippen LogP contribution in [0, 0.1) is 5.92 Å². The lowest BCUT2D eigenvalue weighted by molar-refractivity contribution is -0.144. The second kappa shape index (κ2) is 43.0. The van der Waals surface area contributed by atoms with Crippen molar-refractivity contribution >= 4 is 117 Å². The summed E-state index contributed by atoms with van der Waals surface area (Å²) in [7, 11) is 0. The molecule has 0 radical (unpaired) electrons. The number of carbonyl (C=O) groups excluding carboxylic acids is 13. The summed E-state index contributed by atoms with van der Waals surface area (Å²) in [5.41, 5.74) is 2.54. The van der Waals surface area contributed by atoms with Gasteiger partial charge in [-0.05, 0) is 139 Å². The second-order valence-electron chi connectivity index (χ2n) is 28.3. The summed E-state index contributed by atoms with van der Waals surface area (Å²) in [5, 5.41) is 57.4. The van der Waals surface area contributed by atoms with Crippen LogP contribution in [-0.2, 0) is 88.0 Å².